The number of ether oxygens (including phenoxy) is 2. The van der Waals surface area contributed by atoms with Crippen molar-refractivity contribution in [2.45, 2.75) is 18.3 Å². The molecule has 5 heteroatoms. The Morgan fingerprint density at radius 3 is 2.61 bits per heavy atom. The first kappa shape index (κ1) is 15.5. The van der Waals surface area contributed by atoms with Gasteiger partial charge in [-0.1, -0.05) is 24.3 Å². The van der Waals surface area contributed by atoms with Crippen molar-refractivity contribution in [3.05, 3.63) is 54.2 Å². The molecule has 0 unspecified atom stereocenters. The van der Waals surface area contributed by atoms with Gasteiger partial charge in [-0.25, -0.2) is 4.98 Å². The zero-order chi connectivity index (χ0) is 16.1. The standard InChI is InChI=1S/C18H20N2O3/c1-22-15-7-3-2-6-14(15)18(9-12-23-13-10-18)17(21)20-16-8-4-5-11-19-16/h2-8,11H,9-10,12-13H2,1H3,(H,19,20,21). The van der Waals surface area contributed by atoms with Crippen LogP contribution in [0, 0.1) is 0 Å². The second kappa shape index (κ2) is 6.79. The summed E-state index contributed by atoms with van der Waals surface area (Å²) in [5, 5.41) is 2.94. The Kier molecular flexibility index (Phi) is 4.57. The predicted molar refractivity (Wildman–Crippen MR) is 87.6 cm³/mol. The second-order valence-corrected chi connectivity index (χ2v) is 5.56. The van der Waals surface area contributed by atoms with Crippen molar-refractivity contribution in [2.24, 2.45) is 0 Å². The maximum absolute atomic E-state index is 13.1. The third-order valence-corrected chi connectivity index (χ3v) is 4.31. The third-order valence-electron chi connectivity index (χ3n) is 4.31. The number of benzene rings is 1. The molecule has 0 bridgehead atoms. The van der Waals surface area contributed by atoms with Crippen LogP contribution in [0.5, 0.6) is 5.75 Å². The van der Waals surface area contributed by atoms with E-state index in [0.29, 0.717) is 31.9 Å². The average Bonchev–Trinajstić information content (AvgIpc) is 2.63. The van der Waals surface area contributed by atoms with E-state index in [4.69, 9.17) is 9.47 Å². The van der Waals surface area contributed by atoms with Gasteiger partial charge >= 0.3 is 0 Å². The highest BCUT2D eigenvalue weighted by Gasteiger charge is 2.43. The highest BCUT2D eigenvalue weighted by molar-refractivity contribution is 5.99. The van der Waals surface area contributed by atoms with E-state index in [1.807, 2.05) is 36.4 Å². The molecule has 2 heterocycles. The van der Waals surface area contributed by atoms with Crippen molar-refractivity contribution >= 4 is 11.7 Å². The maximum Gasteiger partial charge on any atom is 0.236 e. The summed E-state index contributed by atoms with van der Waals surface area (Å²) < 4.78 is 11.0. The van der Waals surface area contributed by atoms with Gasteiger partial charge in [-0.15, -0.1) is 0 Å². The molecule has 0 aliphatic carbocycles. The van der Waals surface area contributed by atoms with Crippen LogP contribution in [0.25, 0.3) is 0 Å². The molecule has 0 saturated carbocycles. The largest absolute Gasteiger partial charge is 0.496 e. The zero-order valence-electron chi connectivity index (χ0n) is 13.1. The van der Waals surface area contributed by atoms with Crippen LogP contribution in [0.2, 0.25) is 0 Å². The summed E-state index contributed by atoms with van der Waals surface area (Å²) in [4.78, 5) is 17.3. The van der Waals surface area contributed by atoms with Crippen LogP contribution in [0.4, 0.5) is 5.82 Å². The molecule has 1 amide bonds. The summed E-state index contributed by atoms with van der Waals surface area (Å²) in [5.41, 5.74) is 0.238. The minimum atomic E-state index is -0.664. The Bertz CT molecular complexity index is 667. The normalized spacial score (nSPS) is 16.6. The molecule has 120 valence electrons. The summed E-state index contributed by atoms with van der Waals surface area (Å²) in [6, 6.07) is 13.1. The highest BCUT2D eigenvalue weighted by Crippen LogP contribution is 2.40. The topological polar surface area (TPSA) is 60.5 Å². The number of methoxy groups -OCH3 is 1. The molecule has 1 aromatic carbocycles. The lowest BCUT2D eigenvalue weighted by Crippen LogP contribution is -2.45. The van der Waals surface area contributed by atoms with Gasteiger partial charge in [0, 0.05) is 25.0 Å². The van der Waals surface area contributed by atoms with Gasteiger partial charge in [0.05, 0.1) is 12.5 Å². The molecular formula is C18H20N2O3. The highest BCUT2D eigenvalue weighted by atomic mass is 16.5. The van der Waals surface area contributed by atoms with Crippen molar-refractivity contribution in [2.75, 3.05) is 25.6 Å². The first-order chi connectivity index (χ1) is 11.3. The van der Waals surface area contributed by atoms with Crippen LogP contribution >= 0.6 is 0 Å². The molecule has 1 saturated heterocycles. The van der Waals surface area contributed by atoms with E-state index in [-0.39, 0.29) is 5.91 Å². The van der Waals surface area contributed by atoms with Crippen LogP contribution in [0.3, 0.4) is 0 Å². The molecule has 1 aliphatic heterocycles. The Hall–Kier alpha value is -2.40. The minimum absolute atomic E-state index is 0.0657. The molecule has 5 nitrogen and oxygen atoms in total. The van der Waals surface area contributed by atoms with Gasteiger partial charge in [0.25, 0.3) is 0 Å². The number of amides is 1. The molecule has 23 heavy (non-hydrogen) atoms. The molecule has 0 atom stereocenters. The fourth-order valence-electron chi connectivity index (χ4n) is 3.05. The van der Waals surface area contributed by atoms with Crippen LogP contribution in [-0.4, -0.2) is 31.2 Å². The van der Waals surface area contributed by atoms with Crippen LogP contribution in [-0.2, 0) is 14.9 Å². The number of hydrogen-bond acceptors (Lipinski definition) is 4. The summed E-state index contributed by atoms with van der Waals surface area (Å²) in [6.07, 6.45) is 2.90. The quantitative estimate of drug-likeness (QED) is 0.943. The summed E-state index contributed by atoms with van der Waals surface area (Å²) in [5.74, 6) is 1.22. The molecule has 0 spiro atoms. The van der Waals surface area contributed by atoms with Crippen molar-refractivity contribution in [1.82, 2.24) is 4.98 Å². The SMILES string of the molecule is COc1ccccc1C1(C(=O)Nc2ccccn2)CCOCC1. The first-order valence-electron chi connectivity index (χ1n) is 7.70. The summed E-state index contributed by atoms with van der Waals surface area (Å²) >= 11 is 0. The Morgan fingerprint density at radius 2 is 1.91 bits per heavy atom. The Morgan fingerprint density at radius 1 is 1.17 bits per heavy atom. The van der Waals surface area contributed by atoms with Crippen molar-refractivity contribution < 1.29 is 14.3 Å². The van der Waals surface area contributed by atoms with E-state index in [1.54, 1.807) is 19.4 Å². The first-order valence-corrected chi connectivity index (χ1v) is 7.70. The number of carbonyl (C=O) groups excluding carboxylic acids is 1. The molecule has 1 aromatic heterocycles. The number of para-hydroxylation sites is 1. The Balaban J connectivity index is 1.98. The fourth-order valence-corrected chi connectivity index (χ4v) is 3.05. The maximum atomic E-state index is 13.1. The van der Waals surface area contributed by atoms with E-state index in [0.717, 1.165) is 11.3 Å². The monoisotopic (exact) mass is 312 g/mol. The summed E-state index contributed by atoms with van der Waals surface area (Å²) in [7, 11) is 1.63. The van der Waals surface area contributed by atoms with Crippen molar-refractivity contribution in [3.63, 3.8) is 0 Å². The fraction of sp³-hybridized carbons (Fsp3) is 0.333. The van der Waals surface area contributed by atoms with E-state index >= 15 is 0 Å². The second-order valence-electron chi connectivity index (χ2n) is 5.56. The average molecular weight is 312 g/mol. The van der Waals surface area contributed by atoms with Gasteiger partial charge in [-0.3, -0.25) is 4.79 Å². The van der Waals surface area contributed by atoms with Gasteiger partial charge < -0.3 is 14.8 Å². The molecule has 2 aromatic rings. The number of anilines is 1. The lowest BCUT2D eigenvalue weighted by Gasteiger charge is -2.36. The van der Waals surface area contributed by atoms with Crippen molar-refractivity contribution in [3.8, 4) is 5.75 Å². The molecule has 1 aliphatic rings. The van der Waals surface area contributed by atoms with E-state index < -0.39 is 5.41 Å². The zero-order valence-corrected chi connectivity index (χ0v) is 13.1. The lowest BCUT2D eigenvalue weighted by atomic mass is 9.73. The van der Waals surface area contributed by atoms with Gasteiger partial charge in [-0.05, 0) is 31.0 Å². The van der Waals surface area contributed by atoms with Crippen molar-refractivity contribution in [1.29, 1.82) is 0 Å². The molecule has 3 rings (SSSR count). The number of rotatable bonds is 4. The van der Waals surface area contributed by atoms with Crippen LogP contribution in [0.15, 0.2) is 48.7 Å². The Labute approximate surface area is 135 Å². The van der Waals surface area contributed by atoms with Crippen LogP contribution < -0.4 is 10.1 Å². The van der Waals surface area contributed by atoms with Gasteiger partial charge in [0.1, 0.15) is 11.6 Å². The van der Waals surface area contributed by atoms with E-state index in [2.05, 4.69) is 10.3 Å². The molecule has 0 radical (unpaired) electrons. The predicted octanol–water partition coefficient (Wildman–Crippen LogP) is 2.78. The van der Waals surface area contributed by atoms with Crippen LogP contribution in [0.1, 0.15) is 18.4 Å². The molecule has 1 fully saturated rings. The van der Waals surface area contributed by atoms with Gasteiger partial charge in [-0.2, -0.15) is 0 Å². The molecular weight excluding hydrogens is 292 g/mol. The number of carbonyl (C=O) groups is 1. The number of nitrogens with zero attached hydrogens (tertiary/aromatic N) is 1. The number of hydrogen-bond donors (Lipinski definition) is 1. The number of aromatic nitrogens is 1. The lowest BCUT2D eigenvalue weighted by molar-refractivity contribution is -0.125. The summed E-state index contributed by atoms with van der Waals surface area (Å²) in [6.45, 7) is 1.10. The van der Waals surface area contributed by atoms with E-state index in [9.17, 15) is 4.79 Å². The van der Waals surface area contributed by atoms with Gasteiger partial charge in [0.15, 0.2) is 0 Å². The minimum Gasteiger partial charge on any atom is -0.496 e. The number of pyridine rings is 1. The third kappa shape index (κ3) is 3.05. The number of nitrogens with one attached hydrogen (secondary N) is 1. The molecule has 1 N–H and O–H groups in total. The smallest absolute Gasteiger partial charge is 0.236 e. The van der Waals surface area contributed by atoms with Gasteiger partial charge in [0.2, 0.25) is 5.91 Å². The van der Waals surface area contributed by atoms with E-state index in [1.165, 1.54) is 0 Å².